The molecule has 14 aromatic rings. The minimum atomic E-state index is 0.190. The Morgan fingerprint density at radius 3 is 1.73 bits per heavy atom. The van der Waals surface area contributed by atoms with Crippen molar-refractivity contribution in [1.29, 1.82) is 0 Å². The van der Waals surface area contributed by atoms with E-state index in [0.717, 1.165) is 40.6 Å². The fraction of sp³-hybridized carbons (Fsp3) is 0.326. The number of rotatable bonds is 8. The zero-order chi connectivity index (χ0) is 74.0. The van der Waals surface area contributed by atoms with Crippen LogP contribution in [0.1, 0.15) is 211 Å². The summed E-state index contributed by atoms with van der Waals surface area (Å²) >= 11 is 3.75. The lowest BCUT2D eigenvalue weighted by atomic mass is 10.0. The van der Waals surface area contributed by atoms with Gasteiger partial charge in [0.25, 0.3) is 5.65 Å². The fourth-order valence-electron chi connectivity index (χ4n) is 11.2. The van der Waals surface area contributed by atoms with Crippen LogP contribution in [-0.2, 0) is 0 Å². The van der Waals surface area contributed by atoms with E-state index < -0.39 is 0 Å². The lowest BCUT2D eigenvalue weighted by Crippen LogP contribution is -2.33. The first-order valence-corrected chi connectivity index (χ1v) is 38.4. The number of aromatic amines is 3. The summed E-state index contributed by atoms with van der Waals surface area (Å²) in [6, 6.07) is 69.0. The van der Waals surface area contributed by atoms with Crippen molar-refractivity contribution in [2.75, 3.05) is 13.4 Å². The first-order valence-electron chi connectivity index (χ1n) is 36.7. The molecule has 0 radical (unpaired) electrons. The molecule has 11 heteroatoms. The summed E-state index contributed by atoms with van der Waals surface area (Å²) in [5.41, 5.74) is 12.8. The molecule has 0 amide bonds. The number of imidazole rings is 1. The molecule has 0 saturated carbocycles. The SMILES string of the molecule is CC#CCC.CC(C)C1COc2ccccc2O1.CC(C)c1c[n+]2ccccc2[nH]1.CC(C)c1c[nH]c2ccccc12.CC(C)c1cc2ccccc2[nH]1.CC(C)c1cc2ccccc2s1.CC(C)c1ccc2c(c1)OCO2.CC(C)c1cnc2ccccc2c1.CC(C)c1csc2ccccc12. The molecule has 1 unspecified atom stereocenters. The number of fused-ring (bicyclic) bond motifs is 8. The molecule has 0 aliphatic carbocycles. The number of benzene rings is 7. The van der Waals surface area contributed by atoms with E-state index in [-0.39, 0.29) is 6.10 Å². The van der Waals surface area contributed by atoms with Crippen LogP contribution in [0, 0.1) is 17.8 Å². The second kappa shape index (κ2) is 39.7. The maximum atomic E-state index is 5.77. The van der Waals surface area contributed by atoms with Crippen molar-refractivity contribution in [2.24, 2.45) is 5.92 Å². The predicted molar refractivity (Wildman–Crippen MR) is 442 cm³/mol. The number of para-hydroxylation sites is 5. The van der Waals surface area contributed by atoms with Crippen molar-refractivity contribution in [3.8, 4) is 34.8 Å². The average Bonchev–Trinajstić information content (AvgIpc) is 1.81. The highest BCUT2D eigenvalue weighted by molar-refractivity contribution is 7.19. The summed E-state index contributed by atoms with van der Waals surface area (Å²) in [7, 11) is 0. The van der Waals surface area contributed by atoms with Gasteiger partial charge in [0.05, 0.1) is 11.7 Å². The molecule has 103 heavy (non-hydrogen) atoms. The molecule has 7 aromatic heterocycles. The highest BCUT2D eigenvalue weighted by Crippen LogP contribution is 2.36. The molecule has 9 heterocycles. The molecule has 0 fully saturated rings. The zero-order valence-corrected chi connectivity index (χ0v) is 65.7. The Bertz CT molecular complexity index is 4530. The van der Waals surface area contributed by atoms with Gasteiger partial charge in [-0.25, -0.2) is 9.38 Å². The van der Waals surface area contributed by atoms with E-state index in [4.69, 9.17) is 18.9 Å². The van der Waals surface area contributed by atoms with Crippen LogP contribution in [0.3, 0.4) is 0 Å². The van der Waals surface area contributed by atoms with Gasteiger partial charge in [0.1, 0.15) is 24.6 Å². The zero-order valence-electron chi connectivity index (χ0n) is 64.1. The van der Waals surface area contributed by atoms with Gasteiger partial charge in [0, 0.05) is 72.6 Å². The van der Waals surface area contributed by atoms with E-state index in [1.807, 2.05) is 109 Å². The lowest BCUT2D eigenvalue weighted by molar-refractivity contribution is -0.510. The number of thiophene rings is 2. The van der Waals surface area contributed by atoms with Crippen LogP contribution in [0.4, 0.5) is 0 Å². The van der Waals surface area contributed by atoms with Crippen LogP contribution in [0.15, 0.2) is 230 Å². The van der Waals surface area contributed by atoms with Gasteiger partial charge in [0.2, 0.25) is 6.79 Å². The number of aromatic nitrogens is 5. The molecule has 16 rings (SSSR count). The largest absolute Gasteiger partial charge is 0.486 e. The molecule has 3 N–H and O–H groups in total. The van der Waals surface area contributed by atoms with Crippen LogP contribution in [0.5, 0.6) is 23.0 Å². The van der Waals surface area contributed by atoms with Crippen LogP contribution in [-0.4, -0.2) is 39.4 Å². The molecule has 2 aliphatic rings. The van der Waals surface area contributed by atoms with Gasteiger partial charge in [-0.3, -0.25) is 4.98 Å². The summed E-state index contributed by atoms with van der Waals surface area (Å²) in [6.45, 7) is 40.1. The number of ether oxygens (including phenoxy) is 4. The third-order valence-electron chi connectivity index (χ3n) is 17.6. The Morgan fingerprint density at radius 2 is 1.10 bits per heavy atom. The van der Waals surface area contributed by atoms with Crippen molar-refractivity contribution in [3.63, 3.8) is 0 Å². The number of pyridine rings is 2. The lowest BCUT2D eigenvalue weighted by Gasteiger charge is -2.28. The van der Waals surface area contributed by atoms with Crippen molar-refractivity contribution in [2.45, 2.75) is 179 Å². The van der Waals surface area contributed by atoms with Gasteiger partial charge in [0.15, 0.2) is 23.0 Å². The summed E-state index contributed by atoms with van der Waals surface area (Å²) in [6.07, 6.45) is 9.44. The van der Waals surface area contributed by atoms with E-state index in [1.165, 1.54) is 85.9 Å². The van der Waals surface area contributed by atoms with Gasteiger partial charge in [-0.1, -0.05) is 233 Å². The number of hydrogen-bond acceptors (Lipinski definition) is 7. The Kier molecular flexibility index (Phi) is 30.5. The third-order valence-corrected chi connectivity index (χ3v) is 20.0. The standard InChI is InChI=1S/C12H13N.2C11H13N.C11H14O2.2C11H12S.C10H12N2.C10H12O2.C5H8/c1-9(2)11-7-10-5-3-4-6-12(10)13-8-11;1-8(2)10-7-12-11-6-4-3-5-9(10)11;1-8(2)11-7-9-5-3-4-6-10(9)12-11;1-8(2)11-7-12-9-5-3-4-6-10(9)13-11;1-8(2)10-7-12-11-6-4-3-5-9(10)11;1-8(2)11-7-9-5-3-4-6-10(9)12-11;1-8(2)9-7-12-6-4-3-5-10(12)11-9;1-7(2)8-3-4-9-10(5-8)12-6-11-9;1-3-5-4-2/h3-9H,1-2H3;2*3-8,12H,1-2H3;3-6,8,11H,7H2,1-2H3;3*3-8H,1-2H3;3-5,7H,6H2,1-2H3;3H2,1-2H3/p+1. The molecule has 2 aliphatic heterocycles. The molecule has 538 valence electrons. The van der Waals surface area contributed by atoms with E-state index in [9.17, 15) is 0 Å². The first kappa shape index (κ1) is 79.1. The number of nitrogens with zero attached hydrogens (tertiary/aromatic N) is 2. The topological polar surface area (TPSA) is 101 Å². The molecule has 9 nitrogen and oxygen atoms in total. The second-order valence-corrected chi connectivity index (χ2v) is 30.3. The maximum absolute atomic E-state index is 5.77. The van der Waals surface area contributed by atoms with Gasteiger partial charge in [-0.15, -0.1) is 34.5 Å². The highest BCUT2D eigenvalue weighted by Gasteiger charge is 2.23. The Morgan fingerprint density at radius 1 is 0.495 bits per heavy atom. The van der Waals surface area contributed by atoms with Gasteiger partial charge >= 0.3 is 0 Å². The molecule has 0 bridgehead atoms. The van der Waals surface area contributed by atoms with Crippen LogP contribution in [0.2, 0.25) is 0 Å². The van der Waals surface area contributed by atoms with Gasteiger partial charge in [-0.05, 0) is 171 Å². The van der Waals surface area contributed by atoms with E-state index in [1.54, 1.807) is 0 Å². The number of hydrogen-bond donors (Lipinski definition) is 3. The van der Waals surface area contributed by atoms with Crippen molar-refractivity contribution in [3.05, 3.63) is 269 Å². The minimum absolute atomic E-state index is 0.190. The number of H-pyrrole nitrogens is 3. The molecule has 0 saturated heterocycles. The van der Waals surface area contributed by atoms with Gasteiger partial charge in [-0.2, -0.15) is 0 Å². The molecular formula is C92H110N5O4S2+. The van der Waals surface area contributed by atoms with E-state index in [2.05, 4.69) is 304 Å². The molecule has 7 aromatic carbocycles. The summed E-state index contributed by atoms with van der Waals surface area (Å²) in [5, 5.41) is 8.97. The summed E-state index contributed by atoms with van der Waals surface area (Å²) in [5.74, 6) is 13.7. The van der Waals surface area contributed by atoms with E-state index >= 15 is 0 Å². The van der Waals surface area contributed by atoms with Crippen LogP contribution >= 0.6 is 22.7 Å². The van der Waals surface area contributed by atoms with Gasteiger partial charge < -0.3 is 28.9 Å². The average molecular weight is 1410 g/mol. The predicted octanol–water partition coefficient (Wildman–Crippen LogP) is 26.3. The van der Waals surface area contributed by atoms with Crippen molar-refractivity contribution in [1.82, 2.24) is 19.9 Å². The fourth-order valence-corrected chi connectivity index (χ4v) is 13.4. The highest BCUT2D eigenvalue weighted by atomic mass is 32.1. The van der Waals surface area contributed by atoms with E-state index in [0.29, 0.717) is 60.7 Å². The summed E-state index contributed by atoms with van der Waals surface area (Å²) < 4.78 is 26.7. The quantitative estimate of drug-likeness (QED) is 0.104. The van der Waals surface area contributed by atoms with Crippen molar-refractivity contribution >= 4 is 81.2 Å². The first-order chi connectivity index (χ1) is 49.6. The van der Waals surface area contributed by atoms with Crippen molar-refractivity contribution < 1.29 is 23.3 Å². The normalized spacial score (nSPS) is 12.4. The second-order valence-electron chi connectivity index (χ2n) is 28.3. The molecular weight excluding hydrogens is 1300 g/mol. The Balaban J connectivity index is 0.000000148. The molecule has 0 spiro atoms. The number of nitrogens with one attached hydrogen (secondary N) is 3. The monoisotopic (exact) mass is 1410 g/mol. The minimum Gasteiger partial charge on any atom is -0.486 e. The Hall–Kier alpha value is -9.60. The summed E-state index contributed by atoms with van der Waals surface area (Å²) in [4.78, 5) is 15.9. The smallest absolute Gasteiger partial charge is 0.284 e. The molecule has 1 atom stereocenters. The maximum Gasteiger partial charge on any atom is 0.284 e. The van der Waals surface area contributed by atoms with Crippen LogP contribution in [0.25, 0.3) is 58.5 Å². The Labute approximate surface area is 622 Å². The third kappa shape index (κ3) is 23.2. The van der Waals surface area contributed by atoms with Crippen LogP contribution < -0.4 is 23.3 Å².